The first-order valence-corrected chi connectivity index (χ1v) is 6.74. The average Bonchev–Trinajstić information content (AvgIpc) is 2.28. The predicted octanol–water partition coefficient (Wildman–Crippen LogP) is 3.84. The molecule has 1 N–H and O–H groups in total. The molecule has 0 fully saturated rings. The topological polar surface area (TPSA) is 21.3 Å². The van der Waals surface area contributed by atoms with Gasteiger partial charge in [-0.05, 0) is 30.1 Å². The van der Waals surface area contributed by atoms with Gasteiger partial charge in [-0.15, -0.1) is 0 Å². The van der Waals surface area contributed by atoms with Crippen molar-refractivity contribution in [3.63, 3.8) is 0 Å². The van der Waals surface area contributed by atoms with E-state index in [0.29, 0.717) is 0 Å². The highest BCUT2D eigenvalue weighted by Crippen LogP contribution is 2.19. The summed E-state index contributed by atoms with van der Waals surface area (Å²) in [4.78, 5) is 0. The van der Waals surface area contributed by atoms with Crippen molar-refractivity contribution in [2.24, 2.45) is 0 Å². The van der Waals surface area contributed by atoms with E-state index in [2.05, 4.69) is 17.0 Å². The zero-order valence-corrected chi connectivity index (χ0v) is 10.6. The molecule has 0 radical (unpaired) electrons. The van der Waals surface area contributed by atoms with Gasteiger partial charge >= 0.3 is 6.61 Å². The fraction of sp³-hybridized carbons (Fsp3) is 0.500. The van der Waals surface area contributed by atoms with Crippen LogP contribution in [0, 0.1) is 0 Å². The lowest BCUT2D eigenvalue weighted by molar-refractivity contribution is -0.0498. The van der Waals surface area contributed by atoms with Gasteiger partial charge in [-0.3, -0.25) is 0 Å². The summed E-state index contributed by atoms with van der Waals surface area (Å²) in [5.74, 6) is 2.42. The molecule has 2 nitrogen and oxygen atoms in total. The molecule has 5 heteroatoms. The molecular formula is C12H17F2NOS. The van der Waals surface area contributed by atoms with Gasteiger partial charge in [0.2, 0.25) is 0 Å². The van der Waals surface area contributed by atoms with Crippen LogP contribution in [0.15, 0.2) is 24.3 Å². The normalized spacial score (nSPS) is 10.6. The number of halogens is 2. The Morgan fingerprint density at radius 1 is 1.41 bits per heavy atom. The van der Waals surface area contributed by atoms with Crippen LogP contribution in [0.2, 0.25) is 0 Å². The Morgan fingerprint density at radius 2 is 2.24 bits per heavy atom. The molecule has 0 atom stereocenters. The van der Waals surface area contributed by atoms with Gasteiger partial charge in [-0.2, -0.15) is 20.5 Å². The van der Waals surface area contributed by atoms with E-state index in [9.17, 15) is 8.78 Å². The zero-order valence-electron chi connectivity index (χ0n) is 9.79. The lowest BCUT2D eigenvalue weighted by Gasteiger charge is -2.08. The van der Waals surface area contributed by atoms with Crippen molar-refractivity contribution in [1.29, 1.82) is 0 Å². The van der Waals surface area contributed by atoms with E-state index < -0.39 is 6.61 Å². The molecule has 0 aliphatic rings. The number of ether oxygens (including phenoxy) is 1. The fourth-order valence-corrected chi connectivity index (χ4v) is 1.97. The van der Waals surface area contributed by atoms with E-state index in [4.69, 9.17) is 0 Å². The van der Waals surface area contributed by atoms with Crippen molar-refractivity contribution in [1.82, 2.24) is 0 Å². The summed E-state index contributed by atoms with van der Waals surface area (Å²) in [6.07, 6.45) is 1.05. The Bertz CT molecular complexity index is 323. The Labute approximate surface area is 105 Å². The Hall–Kier alpha value is -0.970. The first-order valence-electron chi connectivity index (χ1n) is 5.59. The molecule has 0 saturated heterocycles. The van der Waals surface area contributed by atoms with Crippen LogP contribution < -0.4 is 10.1 Å². The van der Waals surface area contributed by atoms with Gasteiger partial charge in [-0.25, -0.2) is 0 Å². The minimum atomic E-state index is -2.77. The molecular weight excluding hydrogens is 244 g/mol. The maximum Gasteiger partial charge on any atom is 0.387 e. The third-order valence-electron chi connectivity index (χ3n) is 2.06. The fourth-order valence-electron chi connectivity index (χ4n) is 1.33. The minimum absolute atomic E-state index is 0.188. The summed E-state index contributed by atoms with van der Waals surface area (Å²) in [7, 11) is 0. The van der Waals surface area contributed by atoms with Crippen LogP contribution in [-0.2, 0) is 0 Å². The number of hydrogen-bond acceptors (Lipinski definition) is 3. The van der Waals surface area contributed by atoms with Gasteiger partial charge in [0.1, 0.15) is 5.75 Å². The number of rotatable bonds is 8. The molecule has 1 aromatic carbocycles. The molecule has 0 aromatic heterocycles. The van der Waals surface area contributed by atoms with Crippen LogP contribution in [0.1, 0.15) is 13.3 Å². The van der Waals surface area contributed by atoms with Crippen molar-refractivity contribution in [2.45, 2.75) is 20.0 Å². The van der Waals surface area contributed by atoms with E-state index in [1.54, 1.807) is 12.1 Å². The van der Waals surface area contributed by atoms with Crippen LogP contribution in [0.25, 0.3) is 0 Å². The number of benzene rings is 1. The molecule has 1 rings (SSSR count). The minimum Gasteiger partial charge on any atom is -0.435 e. The lowest BCUT2D eigenvalue weighted by Crippen LogP contribution is -2.04. The molecule has 0 amide bonds. The van der Waals surface area contributed by atoms with E-state index in [0.717, 1.165) is 30.2 Å². The van der Waals surface area contributed by atoms with Crippen molar-refractivity contribution in [3.8, 4) is 5.75 Å². The Balaban J connectivity index is 2.32. The summed E-state index contributed by atoms with van der Waals surface area (Å²) in [6.45, 7) is 0.195. The largest absolute Gasteiger partial charge is 0.435 e. The Kier molecular flexibility index (Phi) is 6.77. The predicted molar refractivity (Wildman–Crippen MR) is 69.2 cm³/mol. The highest BCUT2D eigenvalue weighted by molar-refractivity contribution is 7.99. The molecule has 0 aliphatic carbocycles. The maximum atomic E-state index is 12.0. The van der Waals surface area contributed by atoms with Crippen LogP contribution in [0.5, 0.6) is 5.75 Å². The molecule has 96 valence electrons. The molecule has 0 unspecified atom stereocenters. The van der Waals surface area contributed by atoms with Crippen molar-refractivity contribution in [3.05, 3.63) is 24.3 Å². The number of hydrogen-bond donors (Lipinski definition) is 1. The summed E-state index contributed by atoms with van der Waals surface area (Å²) in [5.41, 5.74) is 0.810. The van der Waals surface area contributed by atoms with Crippen LogP contribution in [0.3, 0.4) is 0 Å². The second-order valence-electron chi connectivity index (χ2n) is 3.38. The van der Waals surface area contributed by atoms with E-state index >= 15 is 0 Å². The third kappa shape index (κ3) is 6.36. The van der Waals surface area contributed by atoms with E-state index in [1.165, 1.54) is 6.07 Å². The quantitative estimate of drug-likeness (QED) is 0.718. The summed E-state index contributed by atoms with van der Waals surface area (Å²) >= 11 is 1.89. The highest BCUT2D eigenvalue weighted by Gasteiger charge is 2.04. The monoisotopic (exact) mass is 261 g/mol. The lowest BCUT2D eigenvalue weighted by atomic mass is 10.3. The first-order chi connectivity index (χ1) is 8.22. The highest BCUT2D eigenvalue weighted by atomic mass is 32.2. The van der Waals surface area contributed by atoms with Gasteiger partial charge in [-0.1, -0.05) is 13.0 Å². The molecule has 0 heterocycles. The van der Waals surface area contributed by atoms with Gasteiger partial charge in [0, 0.05) is 18.3 Å². The second-order valence-corrected chi connectivity index (χ2v) is 4.78. The third-order valence-corrected chi connectivity index (χ3v) is 3.04. The molecule has 0 spiro atoms. The molecule has 17 heavy (non-hydrogen) atoms. The molecule has 1 aromatic rings. The van der Waals surface area contributed by atoms with Crippen LogP contribution in [-0.4, -0.2) is 24.7 Å². The number of thioether (sulfide) groups is 1. The summed E-state index contributed by atoms with van der Waals surface area (Å²) in [6, 6.07) is 6.63. The van der Waals surface area contributed by atoms with Crippen molar-refractivity contribution >= 4 is 17.4 Å². The Morgan fingerprint density at radius 3 is 2.94 bits per heavy atom. The average molecular weight is 261 g/mol. The van der Waals surface area contributed by atoms with E-state index in [1.807, 2.05) is 17.8 Å². The number of nitrogens with one attached hydrogen (secondary N) is 1. The molecule has 0 saturated carbocycles. The van der Waals surface area contributed by atoms with E-state index in [-0.39, 0.29) is 5.75 Å². The second kappa shape index (κ2) is 8.17. The summed E-state index contributed by atoms with van der Waals surface area (Å²) < 4.78 is 28.3. The summed E-state index contributed by atoms with van der Waals surface area (Å²) in [5, 5.41) is 3.18. The molecule has 0 bridgehead atoms. The standard InChI is InChI=1S/C12H17F2NOS/c1-2-17-8-4-7-15-10-5-3-6-11(9-10)16-12(13)14/h3,5-6,9,12,15H,2,4,7-8H2,1H3. The van der Waals surface area contributed by atoms with Gasteiger partial charge in [0.15, 0.2) is 0 Å². The number of alkyl halides is 2. The maximum absolute atomic E-state index is 12.0. The number of anilines is 1. The van der Waals surface area contributed by atoms with Crippen molar-refractivity contribution < 1.29 is 13.5 Å². The van der Waals surface area contributed by atoms with Gasteiger partial charge in [0.25, 0.3) is 0 Å². The van der Waals surface area contributed by atoms with Crippen LogP contribution >= 0.6 is 11.8 Å². The van der Waals surface area contributed by atoms with Crippen molar-refractivity contribution in [2.75, 3.05) is 23.4 Å². The van der Waals surface area contributed by atoms with Crippen LogP contribution in [0.4, 0.5) is 14.5 Å². The smallest absolute Gasteiger partial charge is 0.387 e. The SMILES string of the molecule is CCSCCCNc1cccc(OC(F)F)c1. The van der Waals surface area contributed by atoms with Gasteiger partial charge in [0.05, 0.1) is 0 Å². The zero-order chi connectivity index (χ0) is 12.5. The first kappa shape index (κ1) is 14.1. The van der Waals surface area contributed by atoms with Gasteiger partial charge < -0.3 is 10.1 Å². The molecule has 0 aliphatic heterocycles.